The standard InChI is InChI=1S/C62H43NO/c1-61(2)51-22-10-8-20-47(51)49-35-34-45(39-56(49)61)63(57-37-31-41-16-6-7-19-46(41)60(57)42-17-4-3-5-18-42)44-32-28-40(29-33-44)43-30-36-53-50(38-43)48-21-9-11-23-52(48)62(53)54-24-12-14-26-58(54)64-59-27-15-13-25-55(59)62/h3-39H,1-2H3. The molecule has 1 spiro atoms. The zero-order chi connectivity index (χ0) is 42.6. The molecule has 3 aliphatic rings. The smallest absolute Gasteiger partial charge is 0.132 e. The molecule has 0 atom stereocenters. The average Bonchev–Trinajstić information content (AvgIpc) is 3.77. The minimum absolute atomic E-state index is 0.136. The predicted octanol–water partition coefficient (Wildman–Crippen LogP) is 16.4. The van der Waals surface area contributed by atoms with E-state index in [1.807, 2.05) is 0 Å². The van der Waals surface area contributed by atoms with Crippen LogP contribution in [0.4, 0.5) is 17.1 Å². The summed E-state index contributed by atoms with van der Waals surface area (Å²) in [5.41, 5.74) is 20.4. The molecule has 13 rings (SSSR count). The number of fused-ring (bicyclic) bond motifs is 13. The number of hydrogen-bond donors (Lipinski definition) is 0. The molecule has 64 heavy (non-hydrogen) atoms. The van der Waals surface area contributed by atoms with Gasteiger partial charge in [-0.25, -0.2) is 0 Å². The maximum absolute atomic E-state index is 6.58. The maximum Gasteiger partial charge on any atom is 0.132 e. The van der Waals surface area contributed by atoms with E-state index in [-0.39, 0.29) is 5.41 Å². The van der Waals surface area contributed by atoms with Gasteiger partial charge in [-0.05, 0) is 121 Å². The van der Waals surface area contributed by atoms with E-state index in [0.717, 1.165) is 28.6 Å². The zero-order valence-corrected chi connectivity index (χ0v) is 35.7. The Morgan fingerprint density at radius 1 is 0.359 bits per heavy atom. The van der Waals surface area contributed by atoms with E-state index in [1.54, 1.807) is 0 Å². The fraction of sp³-hybridized carbons (Fsp3) is 0.0645. The third kappa shape index (κ3) is 5.14. The number of hydrogen-bond acceptors (Lipinski definition) is 2. The van der Waals surface area contributed by atoms with Crippen molar-refractivity contribution in [3.05, 3.63) is 258 Å². The molecule has 2 nitrogen and oxygen atoms in total. The third-order valence-corrected chi connectivity index (χ3v) is 14.3. The minimum atomic E-state index is -0.484. The number of benzene rings is 10. The van der Waals surface area contributed by atoms with Crippen molar-refractivity contribution in [3.8, 4) is 56.0 Å². The van der Waals surface area contributed by atoms with E-state index in [9.17, 15) is 0 Å². The van der Waals surface area contributed by atoms with Gasteiger partial charge in [0.05, 0.1) is 11.1 Å². The Bertz CT molecular complexity index is 3460. The molecular weight excluding hydrogens is 775 g/mol. The highest BCUT2D eigenvalue weighted by atomic mass is 16.5. The first kappa shape index (κ1) is 36.7. The summed E-state index contributed by atoms with van der Waals surface area (Å²) in [6.45, 7) is 4.73. The summed E-state index contributed by atoms with van der Waals surface area (Å²) < 4.78 is 6.58. The maximum atomic E-state index is 6.58. The van der Waals surface area contributed by atoms with Crippen LogP contribution in [0.25, 0.3) is 55.3 Å². The summed E-state index contributed by atoms with van der Waals surface area (Å²) in [6.07, 6.45) is 0. The Kier molecular flexibility index (Phi) is 7.90. The van der Waals surface area contributed by atoms with Gasteiger partial charge in [0.25, 0.3) is 0 Å². The molecule has 10 aromatic carbocycles. The largest absolute Gasteiger partial charge is 0.457 e. The molecule has 302 valence electrons. The molecule has 0 unspecified atom stereocenters. The monoisotopic (exact) mass is 817 g/mol. The van der Waals surface area contributed by atoms with Crippen molar-refractivity contribution in [3.63, 3.8) is 0 Å². The van der Waals surface area contributed by atoms with Gasteiger partial charge in [-0.15, -0.1) is 0 Å². The van der Waals surface area contributed by atoms with Crippen molar-refractivity contribution < 1.29 is 4.74 Å². The van der Waals surface area contributed by atoms with Crippen LogP contribution in [0.1, 0.15) is 47.2 Å². The SMILES string of the molecule is CC1(C)c2ccccc2-c2ccc(N(c3ccc(-c4ccc5c(c4)-c4ccccc4C54c5ccccc5Oc5ccccc54)cc3)c3ccc4ccccc4c3-c3ccccc3)cc21. The van der Waals surface area contributed by atoms with Crippen LogP contribution in [0, 0.1) is 0 Å². The van der Waals surface area contributed by atoms with Crippen LogP contribution < -0.4 is 9.64 Å². The minimum Gasteiger partial charge on any atom is -0.457 e. The number of para-hydroxylation sites is 2. The second kappa shape index (κ2) is 13.8. The van der Waals surface area contributed by atoms with E-state index >= 15 is 0 Å². The molecule has 0 saturated heterocycles. The van der Waals surface area contributed by atoms with Gasteiger partial charge < -0.3 is 9.64 Å². The lowest BCUT2D eigenvalue weighted by Crippen LogP contribution is -2.32. The number of rotatable bonds is 5. The quantitative estimate of drug-likeness (QED) is 0.172. The van der Waals surface area contributed by atoms with E-state index in [1.165, 1.54) is 88.7 Å². The first-order valence-corrected chi connectivity index (χ1v) is 22.3. The summed E-state index contributed by atoms with van der Waals surface area (Å²) in [6, 6.07) is 82.6. The van der Waals surface area contributed by atoms with Crippen LogP contribution in [0.15, 0.2) is 224 Å². The van der Waals surface area contributed by atoms with Gasteiger partial charge in [-0.2, -0.15) is 0 Å². The van der Waals surface area contributed by atoms with Gasteiger partial charge in [-0.1, -0.05) is 190 Å². The Morgan fingerprint density at radius 3 is 1.67 bits per heavy atom. The average molecular weight is 818 g/mol. The Balaban J connectivity index is 0.978. The molecule has 0 aromatic heterocycles. The van der Waals surface area contributed by atoms with Crippen LogP contribution in [0.3, 0.4) is 0 Å². The lowest BCUT2D eigenvalue weighted by atomic mass is 9.66. The third-order valence-electron chi connectivity index (χ3n) is 14.3. The molecule has 2 heteroatoms. The number of ether oxygens (including phenoxy) is 1. The number of anilines is 3. The molecule has 0 saturated carbocycles. The van der Waals surface area contributed by atoms with Gasteiger partial charge in [-0.3, -0.25) is 0 Å². The highest BCUT2D eigenvalue weighted by Crippen LogP contribution is 2.62. The van der Waals surface area contributed by atoms with Gasteiger partial charge in [0.2, 0.25) is 0 Å². The summed E-state index contributed by atoms with van der Waals surface area (Å²) >= 11 is 0. The fourth-order valence-electron chi connectivity index (χ4n) is 11.5. The molecule has 0 bridgehead atoms. The van der Waals surface area contributed by atoms with Crippen LogP contribution >= 0.6 is 0 Å². The molecule has 2 aliphatic carbocycles. The van der Waals surface area contributed by atoms with Gasteiger partial charge in [0.1, 0.15) is 11.5 Å². The topological polar surface area (TPSA) is 12.5 Å². The Labute approximate surface area is 374 Å². The van der Waals surface area contributed by atoms with Crippen molar-refractivity contribution in [2.75, 3.05) is 4.90 Å². The van der Waals surface area contributed by atoms with E-state index in [2.05, 4.69) is 243 Å². The van der Waals surface area contributed by atoms with Gasteiger partial charge in [0, 0.05) is 33.5 Å². The van der Waals surface area contributed by atoms with E-state index in [4.69, 9.17) is 4.74 Å². The van der Waals surface area contributed by atoms with Crippen molar-refractivity contribution in [1.29, 1.82) is 0 Å². The molecule has 0 radical (unpaired) electrons. The van der Waals surface area contributed by atoms with Crippen molar-refractivity contribution in [2.24, 2.45) is 0 Å². The predicted molar refractivity (Wildman–Crippen MR) is 264 cm³/mol. The van der Waals surface area contributed by atoms with E-state index in [0.29, 0.717) is 0 Å². The van der Waals surface area contributed by atoms with Crippen LogP contribution in [-0.4, -0.2) is 0 Å². The summed E-state index contributed by atoms with van der Waals surface area (Å²) in [5, 5.41) is 2.45. The molecule has 0 N–H and O–H groups in total. The molecule has 0 amide bonds. The molecular formula is C62H43NO. The van der Waals surface area contributed by atoms with Gasteiger partial charge in [0.15, 0.2) is 0 Å². The highest BCUT2D eigenvalue weighted by Gasteiger charge is 2.51. The second-order valence-electron chi connectivity index (χ2n) is 18.0. The lowest BCUT2D eigenvalue weighted by Gasteiger charge is -2.39. The van der Waals surface area contributed by atoms with Crippen molar-refractivity contribution in [1.82, 2.24) is 0 Å². The Morgan fingerprint density at radius 2 is 0.922 bits per heavy atom. The van der Waals surface area contributed by atoms with Gasteiger partial charge >= 0.3 is 0 Å². The summed E-state index contributed by atoms with van der Waals surface area (Å²) in [4.78, 5) is 2.47. The second-order valence-corrected chi connectivity index (χ2v) is 18.0. The lowest BCUT2D eigenvalue weighted by molar-refractivity contribution is 0.436. The van der Waals surface area contributed by atoms with Crippen LogP contribution in [-0.2, 0) is 10.8 Å². The number of nitrogens with zero attached hydrogens (tertiary/aromatic N) is 1. The van der Waals surface area contributed by atoms with Crippen LogP contribution in [0.5, 0.6) is 11.5 Å². The first-order valence-electron chi connectivity index (χ1n) is 22.3. The Hall–Kier alpha value is -7.94. The zero-order valence-electron chi connectivity index (χ0n) is 35.7. The molecule has 10 aromatic rings. The molecule has 1 aliphatic heterocycles. The normalized spacial score (nSPS) is 14.2. The highest BCUT2D eigenvalue weighted by molar-refractivity contribution is 6.05. The molecule has 1 heterocycles. The summed E-state index contributed by atoms with van der Waals surface area (Å²) in [5.74, 6) is 1.82. The summed E-state index contributed by atoms with van der Waals surface area (Å²) in [7, 11) is 0. The molecule has 0 fully saturated rings. The van der Waals surface area contributed by atoms with Crippen LogP contribution in [0.2, 0.25) is 0 Å². The fourth-order valence-corrected chi connectivity index (χ4v) is 11.5. The van der Waals surface area contributed by atoms with Crippen molar-refractivity contribution in [2.45, 2.75) is 24.7 Å². The van der Waals surface area contributed by atoms with Crippen molar-refractivity contribution >= 4 is 27.8 Å². The first-order chi connectivity index (χ1) is 31.5. The van der Waals surface area contributed by atoms with E-state index < -0.39 is 5.41 Å².